The van der Waals surface area contributed by atoms with Crippen LogP contribution in [0.1, 0.15) is 6.92 Å². The van der Waals surface area contributed by atoms with Crippen molar-refractivity contribution in [3.05, 3.63) is 0 Å². The van der Waals surface area contributed by atoms with E-state index in [0.29, 0.717) is 14.0 Å². The first kappa shape index (κ1) is 4.66. The van der Waals surface area contributed by atoms with Crippen LogP contribution in [-0.4, -0.2) is 14.0 Å². The third-order valence-corrected chi connectivity index (χ3v) is 0.235. The molecule has 0 bridgehead atoms. The van der Waals surface area contributed by atoms with Crippen LogP contribution in [0.3, 0.4) is 0 Å². The predicted octanol–water partition coefficient (Wildman–Crippen LogP) is -0.0124. The normalized spacial score (nSPS) is 5.80. The Kier molecular flexibility index (Phi) is 3.42. The van der Waals surface area contributed by atoms with Gasteiger partial charge in [0.05, 0.1) is 0 Å². The molecular formula is C2H5BO2. The third-order valence-electron chi connectivity index (χ3n) is 0.235. The van der Waals surface area contributed by atoms with Crippen molar-refractivity contribution in [2.24, 2.45) is 0 Å². The van der Waals surface area contributed by atoms with Crippen LogP contribution in [0.5, 0.6) is 0 Å². The van der Waals surface area contributed by atoms with Gasteiger partial charge < -0.3 is 0 Å². The number of rotatable bonds is 2. The molecule has 0 unspecified atom stereocenters. The molecule has 0 heterocycles. The Hall–Kier alpha value is -0.335. The fourth-order valence-corrected chi connectivity index (χ4v) is 0.0680. The molecule has 5 heavy (non-hydrogen) atoms. The van der Waals surface area contributed by atoms with Gasteiger partial charge in [-0.05, 0) is 0 Å². The van der Waals surface area contributed by atoms with E-state index in [2.05, 4.69) is 4.65 Å². The maximum atomic E-state index is 9.18. The van der Waals surface area contributed by atoms with Crippen molar-refractivity contribution in [1.29, 1.82) is 0 Å². The second-order valence-electron chi connectivity index (χ2n) is 0.552. The Morgan fingerprint density at radius 2 is 2.60 bits per heavy atom. The van der Waals surface area contributed by atoms with Crippen LogP contribution in [0, 0.1) is 0 Å². The number of hydrogen-bond acceptors (Lipinski definition) is 2. The van der Waals surface area contributed by atoms with Gasteiger partial charge in [-0.1, -0.05) is 0 Å². The van der Waals surface area contributed by atoms with Crippen LogP contribution >= 0.6 is 0 Å². The van der Waals surface area contributed by atoms with Crippen molar-refractivity contribution in [3.63, 3.8) is 0 Å². The molecule has 28 valence electrons. The first-order chi connectivity index (χ1) is 2.41. The molecule has 0 aliphatic heterocycles. The van der Waals surface area contributed by atoms with E-state index in [4.69, 9.17) is 0 Å². The summed E-state index contributed by atoms with van der Waals surface area (Å²) >= 11 is 0. The monoisotopic (exact) mass is 72.0 g/mol. The molecule has 0 radical (unpaired) electrons. The Bertz CT molecular complexity index is 28.8. The van der Waals surface area contributed by atoms with Crippen LogP contribution in [0.15, 0.2) is 0 Å². The molecule has 0 fully saturated rings. The zero-order valence-electron chi connectivity index (χ0n) is 3.10. The molecule has 3 heteroatoms. The van der Waals surface area contributed by atoms with Gasteiger partial charge in [-0.25, -0.2) is 0 Å². The van der Waals surface area contributed by atoms with Crippen LogP contribution in [0.25, 0.3) is 0 Å². The first-order valence-electron chi connectivity index (χ1n) is 1.47. The molecule has 0 aromatic carbocycles. The zero-order chi connectivity index (χ0) is 4.12. The molecule has 0 aliphatic carbocycles. The second-order valence-corrected chi connectivity index (χ2v) is 0.552. The van der Waals surface area contributed by atoms with Gasteiger partial charge in [-0.3, -0.25) is 0 Å². The van der Waals surface area contributed by atoms with E-state index in [9.17, 15) is 4.70 Å². The van der Waals surface area contributed by atoms with E-state index in [-0.39, 0.29) is 0 Å². The van der Waals surface area contributed by atoms with Crippen molar-refractivity contribution in [2.45, 2.75) is 6.92 Å². The minimum absolute atomic E-state index is 0.431. The molecule has 0 amide bonds. The van der Waals surface area contributed by atoms with Crippen LogP contribution in [0.4, 0.5) is 0 Å². The van der Waals surface area contributed by atoms with Crippen molar-refractivity contribution >= 4 is 7.35 Å². The molecule has 0 rings (SSSR count). The molecule has 0 saturated carbocycles. The van der Waals surface area contributed by atoms with E-state index in [1.165, 1.54) is 0 Å². The van der Waals surface area contributed by atoms with E-state index in [0.717, 1.165) is 0 Å². The Morgan fingerprint density at radius 3 is 2.60 bits per heavy atom. The molecule has 0 aliphatic rings. The van der Waals surface area contributed by atoms with Crippen molar-refractivity contribution in [3.8, 4) is 0 Å². The summed E-state index contributed by atoms with van der Waals surface area (Å²) in [6, 6.07) is 0. The van der Waals surface area contributed by atoms with Gasteiger partial charge in [-0.15, -0.1) is 0 Å². The van der Waals surface area contributed by atoms with Crippen molar-refractivity contribution in [1.82, 2.24) is 0 Å². The Balaban J connectivity index is 2.40. The number of hydrogen-bond donors (Lipinski definition) is 0. The third kappa shape index (κ3) is 3.66. The van der Waals surface area contributed by atoms with E-state index >= 15 is 0 Å². The van der Waals surface area contributed by atoms with Gasteiger partial charge in [0.2, 0.25) is 0 Å². The van der Waals surface area contributed by atoms with Crippen LogP contribution in [-0.2, 0) is 9.36 Å². The van der Waals surface area contributed by atoms with Gasteiger partial charge >= 0.3 is 30.2 Å². The van der Waals surface area contributed by atoms with Crippen molar-refractivity contribution < 1.29 is 9.36 Å². The summed E-state index contributed by atoms with van der Waals surface area (Å²) in [5.41, 5.74) is 0. The molecule has 2 nitrogen and oxygen atoms in total. The summed E-state index contributed by atoms with van der Waals surface area (Å²) in [7, 11) is 0.431. The van der Waals surface area contributed by atoms with E-state index in [1.807, 2.05) is 0 Å². The van der Waals surface area contributed by atoms with Crippen LogP contribution in [0.2, 0.25) is 0 Å². The van der Waals surface area contributed by atoms with E-state index in [1.54, 1.807) is 6.92 Å². The molecule has 0 N–H and O–H groups in total. The fraction of sp³-hybridized carbons (Fsp3) is 1.00. The molecule has 0 aromatic rings. The summed E-state index contributed by atoms with van der Waals surface area (Å²) in [6.45, 7) is 2.23. The molecule has 0 saturated heterocycles. The van der Waals surface area contributed by atoms with Gasteiger partial charge in [0.25, 0.3) is 0 Å². The summed E-state index contributed by atoms with van der Waals surface area (Å²) in [4.78, 5) is 0. The minimum atomic E-state index is 0.431. The van der Waals surface area contributed by atoms with E-state index < -0.39 is 0 Å². The summed E-state index contributed by atoms with van der Waals surface area (Å²) in [5, 5.41) is 0. The maximum absolute atomic E-state index is 9.18. The average Bonchev–Trinajstić information content (AvgIpc) is 1.41. The topological polar surface area (TPSA) is 26.3 Å². The van der Waals surface area contributed by atoms with Gasteiger partial charge in [0.15, 0.2) is 0 Å². The molecule has 0 aromatic heterocycles. The Labute approximate surface area is 31.4 Å². The molecular weight excluding hydrogens is 66.8 g/mol. The zero-order valence-corrected chi connectivity index (χ0v) is 3.10. The summed E-state index contributed by atoms with van der Waals surface area (Å²) in [5.74, 6) is 0. The van der Waals surface area contributed by atoms with Gasteiger partial charge in [0, 0.05) is 0 Å². The second kappa shape index (κ2) is 3.66. The standard InChI is InChI=1S/C2H5BO2/c1-2-5-3-4/h2H2,1H3. The molecule has 0 atom stereocenters. The van der Waals surface area contributed by atoms with Crippen LogP contribution < -0.4 is 0 Å². The predicted molar refractivity (Wildman–Crippen MR) is 18.1 cm³/mol. The van der Waals surface area contributed by atoms with Gasteiger partial charge in [-0.2, -0.15) is 0 Å². The van der Waals surface area contributed by atoms with Crippen molar-refractivity contribution in [2.75, 3.05) is 6.61 Å². The molecule has 0 spiro atoms. The average molecular weight is 71.9 g/mol. The fourth-order valence-electron chi connectivity index (χ4n) is 0.0680. The SMILES string of the molecule is CCOB=O. The quantitative estimate of drug-likeness (QED) is 0.428. The Morgan fingerprint density at radius 1 is 2.00 bits per heavy atom. The first-order valence-corrected chi connectivity index (χ1v) is 1.47. The van der Waals surface area contributed by atoms with Gasteiger partial charge in [0.1, 0.15) is 0 Å². The summed E-state index contributed by atoms with van der Waals surface area (Å²) in [6.07, 6.45) is 0. The summed E-state index contributed by atoms with van der Waals surface area (Å²) < 4.78 is 13.3.